The van der Waals surface area contributed by atoms with Gasteiger partial charge in [0.2, 0.25) is 0 Å². The third-order valence-corrected chi connectivity index (χ3v) is 3.87. The second-order valence-electron chi connectivity index (χ2n) is 4.75. The number of carbonyl (C=O) groups is 1. The highest BCUT2D eigenvalue weighted by atomic mass is 35.5. The molecule has 0 aliphatic rings. The molecule has 2 aromatic rings. The lowest BCUT2D eigenvalue weighted by molar-refractivity contribution is 0.0736. The van der Waals surface area contributed by atoms with Gasteiger partial charge in [0.1, 0.15) is 11.5 Å². The molecule has 0 aliphatic heterocycles. The average molecular weight is 324 g/mol. The minimum Gasteiger partial charge on any atom is -0.334 e. The van der Waals surface area contributed by atoms with E-state index in [0.29, 0.717) is 21.6 Å². The fourth-order valence-electron chi connectivity index (χ4n) is 1.98. The van der Waals surface area contributed by atoms with Crippen LogP contribution in [-0.4, -0.2) is 27.8 Å². The fourth-order valence-corrected chi connectivity index (χ4v) is 2.55. The zero-order chi connectivity index (χ0) is 15.6. The Labute approximate surface area is 133 Å². The summed E-state index contributed by atoms with van der Waals surface area (Å²) in [5.41, 5.74) is 1.20. The number of amides is 1. The van der Waals surface area contributed by atoms with Crippen molar-refractivity contribution in [3.05, 3.63) is 57.6 Å². The van der Waals surface area contributed by atoms with Crippen molar-refractivity contribution < 1.29 is 4.79 Å². The van der Waals surface area contributed by atoms with Crippen LogP contribution in [0.5, 0.6) is 0 Å². The van der Waals surface area contributed by atoms with Crippen LogP contribution < -0.4 is 0 Å². The van der Waals surface area contributed by atoms with Crippen LogP contribution in [0.3, 0.4) is 0 Å². The second kappa shape index (κ2) is 6.41. The van der Waals surface area contributed by atoms with Gasteiger partial charge in [-0.2, -0.15) is 0 Å². The van der Waals surface area contributed by atoms with Crippen molar-refractivity contribution in [2.75, 3.05) is 7.05 Å². The first kappa shape index (κ1) is 15.7. The lowest BCUT2D eigenvalue weighted by atomic mass is 10.1. The smallest absolute Gasteiger partial charge is 0.272 e. The van der Waals surface area contributed by atoms with Crippen molar-refractivity contribution in [2.45, 2.75) is 19.9 Å². The number of hydrogen-bond donors (Lipinski definition) is 0. The van der Waals surface area contributed by atoms with Crippen molar-refractivity contribution in [3.8, 4) is 0 Å². The van der Waals surface area contributed by atoms with Crippen molar-refractivity contribution in [2.24, 2.45) is 0 Å². The maximum Gasteiger partial charge on any atom is 0.272 e. The van der Waals surface area contributed by atoms with Crippen LogP contribution in [0.15, 0.2) is 30.5 Å². The molecule has 0 saturated heterocycles. The van der Waals surface area contributed by atoms with Gasteiger partial charge in [0.05, 0.1) is 6.04 Å². The van der Waals surface area contributed by atoms with E-state index in [9.17, 15) is 4.79 Å². The molecular formula is C15H15Cl2N3O. The topological polar surface area (TPSA) is 46.1 Å². The monoisotopic (exact) mass is 323 g/mol. The highest BCUT2D eigenvalue weighted by Crippen LogP contribution is 2.29. The quantitative estimate of drug-likeness (QED) is 0.859. The van der Waals surface area contributed by atoms with E-state index in [-0.39, 0.29) is 11.9 Å². The summed E-state index contributed by atoms with van der Waals surface area (Å²) in [6.07, 6.45) is 1.57. The lowest BCUT2D eigenvalue weighted by Crippen LogP contribution is -2.30. The Morgan fingerprint density at radius 2 is 2.00 bits per heavy atom. The average Bonchev–Trinajstić information content (AvgIpc) is 2.45. The molecule has 0 spiro atoms. The number of benzene rings is 1. The van der Waals surface area contributed by atoms with E-state index in [1.807, 2.05) is 13.0 Å². The molecule has 1 atom stereocenters. The molecule has 6 heteroatoms. The molecule has 0 unspecified atom stereocenters. The maximum atomic E-state index is 12.5. The first-order valence-electron chi connectivity index (χ1n) is 6.42. The first-order valence-corrected chi connectivity index (χ1v) is 7.17. The Hall–Kier alpha value is -1.65. The molecule has 4 nitrogen and oxygen atoms in total. The van der Waals surface area contributed by atoms with Crippen molar-refractivity contribution in [3.63, 3.8) is 0 Å². The number of aryl methyl sites for hydroxylation is 1. The van der Waals surface area contributed by atoms with Crippen molar-refractivity contribution >= 4 is 29.1 Å². The minimum absolute atomic E-state index is 0.181. The zero-order valence-electron chi connectivity index (χ0n) is 12.0. The molecule has 21 heavy (non-hydrogen) atoms. The number of hydrogen-bond acceptors (Lipinski definition) is 3. The Morgan fingerprint density at radius 3 is 2.62 bits per heavy atom. The fraction of sp³-hybridized carbons (Fsp3) is 0.267. The summed E-state index contributed by atoms with van der Waals surface area (Å²) in [5.74, 6) is 0.380. The predicted octanol–water partition coefficient (Wildman–Crippen LogP) is 3.93. The molecule has 2 rings (SSSR count). The van der Waals surface area contributed by atoms with Gasteiger partial charge in [-0.1, -0.05) is 29.3 Å². The second-order valence-corrected chi connectivity index (χ2v) is 5.59. The molecule has 0 bridgehead atoms. The van der Waals surface area contributed by atoms with Gasteiger partial charge in [-0.15, -0.1) is 0 Å². The Kier molecular flexibility index (Phi) is 4.80. The summed E-state index contributed by atoms with van der Waals surface area (Å²) >= 11 is 12.1. The highest BCUT2D eigenvalue weighted by Gasteiger charge is 2.21. The van der Waals surface area contributed by atoms with E-state index in [0.717, 1.165) is 5.56 Å². The van der Waals surface area contributed by atoms with Crippen LogP contribution in [0.4, 0.5) is 0 Å². The van der Waals surface area contributed by atoms with Crippen LogP contribution in [0, 0.1) is 6.92 Å². The highest BCUT2D eigenvalue weighted by molar-refractivity contribution is 6.35. The number of carbonyl (C=O) groups excluding carboxylic acids is 1. The Bertz CT molecular complexity index is 676. The molecule has 110 valence electrons. The first-order chi connectivity index (χ1) is 9.90. The van der Waals surface area contributed by atoms with Crippen LogP contribution >= 0.6 is 23.2 Å². The van der Waals surface area contributed by atoms with Gasteiger partial charge in [-0.3, -0.25) is 4.79 Å². The standard InChI is InChI=1S/C15H15Cl2N3O/c1-9(12-5-4-11(16)8-13(12)17)20(3)15(21)14-6-7-18-10(2)19-14/h4-9H,1-3H3/t9-/m0/s1. The van der Waals surface area contributed by atoms with Crippen molar-refractivity contribution in [1.29, 1.82) is 0 Å². The molecular weight excluding hydrogens is 309 g/mol. The SMILES string of the molecule is Cc1nccc(C(=O)N(C)[C@@H](C)c2ccc(Cl)cc2Cl)n1. The minimum atomic E-state index is -0.197. The molecule has 0 saturated carbocycles. The van der Waals surface area contributed by atoms with E-state index in [4.69, 9.17) is 23.2 Å². The van der Waals surface area contributed by atoms with Gasteiger partial charge < -0.3 is 4.90 Å². The van der Waals surface area contributed by atoms with E-state index < -0.39 is 0 Å². The summed E-state index contributed by atoms with van der Waals surface area (Å²) in [6, 6.07) is 6.65. The van der Waals surface area contributed by atoms with E-state index in [1.54, 1.807) is 43.3 Å². The zero-order valence-corrected chi connectivity index (χ0v) is 13.5. The van der Waals surface area contributed by atoms with Crippen LogP contribution in [0.25, 0.3) is 0 Å². The molecule has 1 aromatic heterocycles. The largest absolute Gasteiger partial charge is 0.334 e. The Balaban J connectivity index is 2.26. The number of aromatic nitrogens is 2. The molecule has 0 aliphatic carbocycles. The van der Waals surface area contributed by atoms with Gasteiger partial charge in [-0.25, -0.2) is 9.97 Å². The molecule has 0 fully saturated rings. The Morgan fingerprint density at radius 1 is 1.29 bits per heavy atom. The lowest BCUT2D eigenvalue weighted by Gasteiger charge is -2.26. The third-order valence-electron chi connectivity index (χ3n) is 3.31. The van der Waals surface area contributed by atoms with Crippen molar-refractivity contribution in [1.82, 2.24) is 14.9 Å². The normalized spacial score (nSPS) is 12.0. The summed E-state index contributed by atoms with van der Waals surface area (Å²) in [7, 11) is 1.72. The molecule has 1 aromatic carbocycles. The maximum absolute atomic E-state index is 12.5. The van der Waals surface area contributed by atoms with Gasteiger partial charge in [0.25, 0.3) is 5.91 Å². The van der Waals surface area contributed by atoms with Crippen LogP contribution in [0.2, 0.25) is 10.0 Å². The summed E-state index contributed by atoms with van der Waals surface area (Å²) in [6.45, 7) is 3.65. The number of halogens is 2. The third kappa shape index (κ3) is 3.52. The van der Waals surface area contributed by atoms with E-state index in [1.165, 1.54) is 0 Å². The van der Waals surface area contributed by atoms with E-state index in [2.05, 4.69) is 9.97 Å². The molecule has 0 radical (unpaired) electrons. The van der Waals surface area contributed by atoms with Crippen LogP contribution in [0.1, 0.15) is 34.8 Å². The molecule has 1 amide bonds. The summed E-state index contributed by atoms with van der Waals surface area (Å²) < 4.78 is 0. The summed E-state index contributed by atoms with van der Waals surface area (Å²) in [4.78, 5) is 22.2. The molecule has 0 N–H and O–H groups in total. The van der Waals surface area contributed by atoms with Gasteiger partial charge in [0.15, 0.2) is 0 Å². The van der Waals surface area contributed by atoms with E-state index >= 15 is 0 Å². The van der Waals surface area contributed by atoms with Gasteiger partial charge >= 0.3 is 0 Å². The number of nitrogens with zero attached hydrogens (tertiary/aromatic N) is 3. The number of rotatable bonds is 3. The van der Waals surface area contributed by atoms with Gasteiger partial charge in [-0.05, 0) is 37.6 Å². The van der Waals surface area contributed by atoms with Crippen LogP contribution in [-0.2, 0) is 0 Å². The molecule has 1 heterocycles. The van der Waals surface area contributed by atoms with Gasteiger partial charge in [0, 0.05) is 23.3 Å². The predicted molar refractivity (Wildman–Crippen MR) is 83.7 cm³/mol. The summed E-state index contributed by atoms with van der Waals surface area (Å²) in [5, 5.41) is 1.10.